The minimum Gasteiger partial charge on any atom is -0.462 e. The number of hydrogen-bond donors (Lipinski definition) is 2. The standard InChI is InChI=1S/C34H32N6O8S2/c1-17(41)47-15-33-27(45)39-23-29(19-9-5-7-11-21(19)35-23,13-31(39,49-33)25(43)37(33)3)30-14-32-26(44)38(4)34(50-32,16-48-18(2)42)28(46)40(32)24(30)36-22-12-8-6-10-20(22)30/h5-12,23-24,35-36H,13-16H2,1-4H3/t23-,24-,29+,30+,31+,32+,33+,34+/m1/s1. The van der Waals surface area contributed by atoms with Crippen LogP contribution >= 0.6 is 23.5 Å². The second-order valence-corrected chi connectivity index (χ2v) is 17.6. The van der Waals surface area contributed by atoms with Gasteiger partial charge in [0, 0.05) is 52.2 Å². The first-order valence-corrected chi connectivity index (χ1v) is 18.0. The molecule has 50 heavy (non-hydrogen) atoms. The summed E-state index contributed by atoms with van der Waals surface area (Å²) in [5, 5.41) is 7.30. The highest BCUT2D eigenvalue weighted by Gasteiger charge is 2.90. The van der Waals surface area contributed by atoms with Crippen molar-refractivity contribution in [1.82, 2.24) is 19.6 Å². The van der Waals surface area contributed by atoms with Crippen molar-refractivity contribution in [2.45, 2.75) is 69.3 Å². The van der Waals surface area contributed by atoms with E-state index in [1.165, 1.54) is 47.2 Å². The Morgan fingerprint density at radius 1 is 0.680 bits per heavy atom. The largest absolute Gasteiger partial charge is 0.462 e. The maximum absolute atomic E-state index is 14.9. The first-order chi connectivity index (χ1) is 23.8. The van der Waals surface area contributed by atoms with Crippen molar-refractivity contribution in [3.63, 3.8) is 0 Å². The topological polar surface area (TPSA) is 158 Å². The number of ether oxygens (including phenoxy) is 2. The number of carbonyl (C=O) groups is 6. The van der Waals surface area contributed by atoms with Gasteiger partial charge >= 0.3 is 11.9 Å². The van der Waals surface area contributed by atoms with E-state index in [0.29, 0.717) is 0 Å². The van der Waals surface area contributed by atoms with Crippen LogP contribution in [0.5, 0.6) is 0 Å². The van der Waals surface area contributed by atoms with Gasteiger partial charge in [0.1, 0.15) is 25.5 Å². The number of benzene rings is 2. The van der Waals surface area contributed by atoms with Crippen LogP contribution < -0.4 is 10.6 Å². The molecule has 8 aliphatic rings. The van der Waals surface area contributed by atoms with Gasteiger partial charge in [0.15, 0.2) is 9.74 Å². The van der Waals surface area contributed by atoms with Crippen molar-refractivity contribution in [3.05, 3.63) is 59.7 Å². The predicted octanol–water partition coefficient (Wildman–Crippen LogP) is 1.18. The molecule has 8 heterocycles. The van der Waals surface area contributed by atoms with Crippen LogP contribution in [0.1, 0.15) is 37.8 Å². The molecule has 10 rings (SSSR count). The molecule has 8 aliphatic heterocycles. The first-order valence-electron chi connectivity index (χ1n) is 16.4. The average molecular weight is 717 g/mol. The Kier molecular flexibility index (Phi) is 5.40. The van der Waals surface area contributed by atoms with Crippen molar-refractivity contribution < 1.29 is 38.2 Å². The van der Waals surface area contributed by atoms with Crippen LogP contribution in [-0.2, 0) is 49.1 Å². The summed E-state index contributed by atoms with van der Waals surface area (Å²) in [4.78, 5) is 83.4. The van der Waals surface area contributed by atoms with Crippen LogP contribution in [0.3, 0.4) is 0 Å². The summed E-state index contributed by atoms with van der Waals surface area (Å²) in [5.74, 6) is -2.33. The van der Waals surface area contributed by atoms with Crippen molar-refractivity contribution in [2.75, 3.05) is 37.9 Å². The Labute approximate surface area is 294 Å². The summed E-state index contributed by atoms with van der Waals surface area (Å²) in [5.41, 5.74) is 1.29. The molecule has 258 valence electrons. The molecule has 6 saturated heterocycles. The third kappa shape index (κ3) is 2.84. The Morgan fingerprint density at radius 3 is 1.44 bits per heavy atom. The van der Waals surface area contributed by atoms with Gasteiger partial charge in [-0.1, -0.05) is 59.9 Å². The van der Waals surface area contributed by atoms with Crippen LogP contribution in [0.15, 0.2) is 48.5 Å². The van der Waals surface area contributed by atoms with Gasteiger partial charge in [-0.05, 0) is 23.3 Å². The summed E-state index contributed by atoms with van der Waals surface area (Å²) in [6, 6.07) is 15.6. The lowest BCUT2D eigenvalue weighted by Gasteiger charge is -2.49. The SMILES string of the molecule is CC(=O)OC[C@]12S[C@@]3(C[C@]4([C@]56C[C@@]78S[C@@](COC(C)=O)(C(=O)N7[C@H]5Nc5ccccc56)N(C)C8=O)c5ccccc5N[C@@H]4N3C1=O)C(=O)N2C. The van der Waals surface area contributed by atoms with E-state index in [2.05, 4.69) is 10.6 Å². The number of nitrogens with one attached hydrogen (secondary N) is 2. The molecule has 0 aliphatic carbocycles. The third-order valence-electron chi connectivity index (χ3n) is 12.5. The smallest absolute Gasteiger partial charge is 0.302 e. The van der Waals surface area contributed by atoms with Gasteiger partial charge in [0.2, 0.25) is 9.74 Å². The summed E-state index contributed by atoms with van der Waals surface area (Å²) < 4.78 is 10.8. The van der Waals surface area contributed by atoms with E-state index in [1.807, 2.05) is 48.5 Å². The number of rotatable bonds is 5. The number of thioether (sulfide) groups is 2. The second-order valence-electron chi connectivity index (χ2n) is 14.5. The van der Waals surface area contributed by atoms with Crippen molar-refractivity contribution >= 4 is 70.5 Å². The van der Waals surface area contributed by atoms with Gasteiger partial charge in [-0.15, -0.1) is 0 Å². The van der Waals surface area contributed by atoms with E-state index in [9.17, 15) is 28.8 Å². The lowest BCUT2D eigenvalue weighted by Crippen LogP contribution is -2.67. The third-order valence-corrected chi connectivity index (χ3v) is 16.1. The number of esters is 2. The van der Waals surface area contributed by atoms with Crippen LogP contribution in [0, 0.1) is 0 Å². The van der Waals surface area contributed by atoms with E-state index < -0.39 is 54.6 Å². The fourth-order valence-electron chi connectivity index (χ4n) is 10.7. The van der Waals surface area contributed by atoms with Gasteiger partial charge in [-0.2, -0.15) is 0 Å². The molecule has 8 atom stereocenters. The average Bonchev–Trinajstić information content (AvgIpc) is 3.91. The van der Waals surface area contributed by atoms with Crippen molar-refractivity contribution in [2.24, 2.45) is 0 Å². The Balaban J connectivity index is 1.21. The normalized spacial score (nSPS) is 40.4. The molecule has 0 radical (unpaired) electrons. The minimum absolute atomic E-state index is 0.175. The van der Waals surface area contributed by atoms with Crippen molar-refractivity contribution in [3.8, 4) is 0 Å². The molecule has 6 fully saturated rings. The minimum atomic E-state index is -1.44. The van der Waals surface area contributed by atoms with E-state index in [4.69, 9.17) is 9.47 Å². The number of hydrogen-bond acceptors (Lipinski definition) is 12. The number of piperazine rings is 2. The molecule has 14 nitrogen and oxygen atoms in total. The fourth-order valence-corrected chi connectivity index (χ4v) is 14.4. The number of likely N-dealkylation sites (N-methyl/N-ethyl adjacent to an activating group) is 2. The molecule has 2 spiro atoms. The molecular weight excluding hydrogens is 685 g/mol. The molecule has 2 aromatic carbocycles. The van der Waals surface area contributed by atoms with E-state index in [-0.39, 0.29) is 49.7 Å². The summed E-state index contributed by atoms with van der Waals surface area (Å²) in [6.45, 7) is 1.97. The summed E-state index contributed by atoms with van der Waals surface area (Å²) >= 11 is 2.43. The zero-order valence-corrected chi connectivity index (χ0v) is 29.1. The van der Waals surface area contributed by atoms with E-state index in [0.717, 1.165) is 22.5 Å². The zero-order valence-electron chi connectivity index (χ0n) is 27.5. The lowest BCUT2D eigenvalue weighted by atomic mass is 9.54. The van der Waals surface area contributed by atoms with Crippen molar-refractivity contribution in [1.29, 1.82) is 0 Å². The van der Waals surface area contributed by atoms with Gasteiger partial charge in [-0.25, -0.2) is 0 Å². The fraction of sp³-hybridized carbons (Fsp3) is 0.471. The molecule has 0 unspecified atom stereocenters. The van der Waals surface area contributed by atoms with E-state index in [1.54, 1.807) is 23.9 Å². The number of nitrogens with zero attached hydrogens (tertiary/aromatic N) is 4. The maximum Gasteiger partial charge on any atom is 0.302 e. The highest BCUT2D eigenvalue weighted by Crippen LogP contribution is 2.79. The Hall–Kier alpha value is -4.44. The van der Waals surface area contributed by atoms with Gasteiger partial charge in [0.05, 0.1) is 10.8 Å². The van der Waals surface area contributed by atoms with Gasteiger partial charge in [-0.3, -0.25) is 38.6 Å². The lowest BCUT2D eigenvalue weighted by molar-refractivity contribution is -0.164. The number of fused-ring (bicyclic) bond motifs is 11. The van der Waals surface area contributed by atoms with E-state index >= 15 is 0 Å². The first kappa shape index (κ1) is 30.4. The maximum atomic E-state index is 14.9. The number of amides is 4. The van der Waals surface area contributed by atoms with Crippen LogP contribution in [-0.4, -0.2) is 114 Å². The molecule has 0 saturated carbocycles. The van der Waals surface area contributed by atoms with Crippen LogP contribution in [0.25, 0.3) is 0 Å². The molecule has 2 N–H and O–H groups in total. The Bertz CT molecular complexity index is 1920. The number of anilines is 2. The molecule has 4 bridgehead atoms. The summed E-state index contributed by atoms with van der Waals surface area (Å²) in [7, 11) is 3.16. The molecule has 0 aromatic heterocycles. The highest BCUT2D eigenvalue weighted by molar-refractivity contribution is 8.04. The van der Waals surface area contributed by atoms with Gasteiger partial charge in [0.25, 0.3) is 23.6 Å². The summed E-state index contributed by atoms with van der Waals surface area (Å²) in [6.07, 6.45) is -1.17. The molecule has 16 heteroatoms. The predicted molar refractivity (Wildman–Crippen MR) is 179 cm³/mol. The molecule has 2 aromatic rings. The van der Waals surface area contributed by atoms with Crippen LogP contribution in [0.4, 0.5) is 11.4 Å². The second kappa shape index (κ2) is 8.88. The zero-order chi connectivity index (χ0) is 35.0. The molecular formula is C34H32N6O8S2. The number of para-hydroxylation sites is 2. The monoisotopic (exact) mass is 716 g/mol. The number of carbonyl (C=O) groups excluding carboxylic acids is 6. The quantitative estimate of drug-likeness (QED) is 0.427. The van der Waals surface area contributed by atoms with Crippen LogP contribution in [0.2, 0.25) is 0 Å². The Morgan fingerprint density at radius 2 is 1.06 bits per heavy atom. The molecule has 4 amide bonds. The van der Waals surface area contributed by atoms with Gasteiger partial charge < -0.3 is 29.9 Å². The highest BCUT2D eigenvalue weighted by atomic mass is 32.2.